The number of nitrogens with one attached hydrogen (secondary N) is 1. The van der Waals surface area contributed by atoms with Crippen molar-refractivity contribution in [2.45, 2.75) is 12.5 Å². The van der Waals surface area contributed by atoms with E-state index < -0.39 is 11.5 Å². The third-order valence-electron chi connectivity index (χ3n) is 4.60. The van der Waals surface area contributed by atoms with Gasteiger partial charge in [0, 0.05) is 15.8 Å². The topological polar surface area (TPSA) is 64.6 Å². The Labute approximate surface area is 154 Å². The molecule has 0 unspecified atom stereocenters. The van der Waals surface area contributed by atoms with E-state index in [1.54, 1.807) is 26.2 Å². The van der Waals surface area contributed by atoms with E-state index in [0.29, 0.717) is 21.9 Å². The Balaban J connectivity index is 1.95. The van der Waals surface area contributed by atoms with Crippen molar-refractivity contribution in [3.8, 4) is 5.75 Å². The van der Waals surface area contributed by atoms with E-state index in [1.807, 2.05) is 35.7 Å². The van der Waals surface area contributed by atoms with E-state index in [2.05, 4.69) is 5.32 Å². The van der Waals surface area contributed by atoms with Crippen LogP contribution in [0.1, 0.15) is 22.2 Å². The zero-order valence-electron chi connectivity index (χ0n) is 14.4. The van der Waals surface area contributed by atoms with Gasteiger partial charge in [-0.25, -0.2) is 4.79 Å². The van der Waals surface area contributed by atoms with E-state index >= 15 is 0 Å². The summed E-state index contributed by atoms with van der Waals surface area (Å²) in [5.74, 6) is -0.192. The van der Waals surface area contributed by atoms with Crippen LogP contribution in [0.4, 0.5) is 5.69 Å². The fourth-order valence-corrected chi connectivity index (χ4v) is 4.21. The minimum Gasteiger partial charge on any atom is -0.497 e. The zero-order chi connectivity index (χ0) is 18.3. The molecule has 6 heteroatoms. The van der Waals surface area contributed by atoms with Gasteiger partial charge in [0.2, 0.25) is 11.3 Å². The summed E-state index contributed by atoms with van der Waals surface area (Å²) in [6, 6.07) is 12.9. The van der Waals surface area contributed by atoms with Crippen LogP contribution < -0.4 is 10.1 Å². The predicted octanol–water partition coefficient (Wildman–Crippen LogP) is 3.98. The second kappa shape index (κ2) is 6.14. The molecule has 0 spiro atoms. The first-order valence-corrected chi connectivity index (χ1v) is 9.14. The molecule has 1 aliphatic rings. The van der Waals surface area contributed by atoms with Gasteiger partial charge in [-0.3, -0.25) is 4.79 Å². The summed E-state index contributed by atoms with van der Waals surface area (Å²) in [5.41, 5.74) is -0.427. The molecule has 0 aliphatic carbocycles. The largest absolute Gasteiger partial charge is 0.497 e. The van der Waals surface area contributed by atoms with Crippen molar-refractivity contribution in [3.05, 3.63) is 58.3 Å². The van der Waals surface area contributed by atoms with Crippen molar-refractivity contribution in [1.29, 1.82) is 0 Å². The van der Waals surface area contributed by atoms with E-state index in [0.717, 1.165) is 10.8 Å². The molecule has 1 aliphatic heterocycles. The number of ether oxygens (including phenoxy) is 2. The number of anilines is 1. The lowest BCUT2D eigenvalue weighted by Crippen LogP contribution is -2.47. The van der Waals surface area contributed by atoms with Crippen LogP contribution in [-0.2, 0) is 15.1 Å². The number of thiophene rings is 1. The molecule has 1 N–H and O–H groups in total. The van der Waals surface area contributed by atoms with Gasteiger partial charge in [-0.15, -0.1) is 11.3 Å². The molecule has 132 valence electrons. The van der Waals surface area contributed by atoms with Crippen LogP contribution in [0, 0.1) is 0 Å². The molecule has 1 aromatic heterocycles. The number of carbonyl (C=O) groups is 2. The third kappa shape index (κ3) is 2.22. The Kier molecular flexibility index (Phi) is 3.92. The molecule has 0 saturated carbocycles. The van der Waals surface area contributed by atoms with Crippen LogP contribution >= 0.6 is 11.3 Å². The lowest BCUT2D eigenvalue weighted by atomic mass is 9.91. The number of Topliss-reactive ketones (excluding diaryl/α,β-unsaturated/α-hetero) is 1. The Morgan fingerprint density at radius 1 is 1.23 bits per heavy atom. The fraction of sp³-hybridized carbons (Fsp3) is 0.200. The second-order valence-corrected chi connectivity index (χ2v) is 6.92. The van der Waals surface area contributed by atoms with Crippen molar-refractivity contribution in [2.75, 3.05) is 19.0 Å². The summed E-state index contributed by atoms with van der Waals surface area (Å²) in [6.07, 6.45) is 0. The average Bonchev–Trinajstić information content (AvgIpc) is 3.29. The molecule has 0 saturated heterocycles. The zero-order valence-corrected chi connectivity index (χ0v) is 15.2. The fourth-order valence-electron chi connectivity index (χ4n) is 3.34. The van der Waals surface area contributed by atoms with Gasteiger partial charge in [-0.05, 0) is 42.0 Å². The molecule has 26 heavy (non-hydrogen) atoms. The smallest absolute Gasteiger partial charge is 0.345 e. The van der Waals surface area contributed by atoms with Gasteiger partial charge in [0.05, 0.1) is 19.4 Å². The molecule has 0 radical (unpaired) electrons. The lowest BCUT2D eigenvalue weighted by molar-refractivity contribution is -0.146. The van der Waals surface area contributed by atoms with E-state index in [4.69, 9.17) is 9.47 Å². The Hall–Kier alpha value is -2.86. The monoisotopic (exact) mass is 367 g/mol. The minimum absolute atomic E-state index is 0.200. The summed E-state index contributed by atoms with van der Waals surface area (Å²) in [6.45, 7) is 1.93. The predicted molar refractivity (Wildman–Crippen MR) is 101 cm³/mol. The highest BCUT2D eigenvalue weighted by atomic mass is 32.1. The van der Waals surface area contributed by atoms with Crippen LogP contribution in [0.3, 0.4) is 0 Å². The van der Waals surface area contributed by atoms with Crippen molar-refractivity contribution in [1.82, 2.24) is 0 Å². The van der Waals surface area contributed by atoms with Gasteiger partial charge in [-0.1, -0.05) is 18.2 Å². The average molecular weight is 367 g/mol. The van der Waals surface area contributed by atoms with Gasteiger partial charge >= 0.3 is 5.97 Å². The maximum absolute atomic E-state index is 13.3. The molecule has 5 nitrogen and oxygen atoms in total. The van der Waals surface area contributed by atoms with Crippen molar-refractivity contribution < 1.29 is 19.1 Å². The van der Waals surface area contributed by atoms with Crippen molar-refractivity contribution >= 4 is 39.5 Å². The minimum atomic E-state index is -1.54. The first-order chi connectivity index (χ1) is 12.6. The van der Waals surface area contributed by atoms with Crippen molar-refractivity contribution in [3.63, 3.8) is 0 Å². The summed E-state index contributed by atoms with van der Waals surface area (Å²) in [7, 11) is 1.59. The molecule has 0 fully saturated rings. The van der Waals surface area contributed by atoms with E-state index in [1.165, 1.54) is 11.3 Å². The number of esters is 1. The molecular weight excluding hydrogens is 350 g/mol. The third-order valence-corrected chi connectivity index (χ3v) is 5.59. The Bertz CT molecular complexity index is 1010. The molecule has 0 bridgehead atoms. The van der Waals surface area contributed by atoms with Gasteiger partial charge in [-0.2, -0.15) is 0 Å². The van der Waals surface area contributed by atoms with Gasteiger partial charge < -0.3 is 14.8 Å². The molecule has 1 atom stereocenters. The molecular formula is C20H17NO4S. The van der Waals surface area contributed by atoms with Gasteiger partial charge in [0.1, 0.15) is 5.75 Å². The summed E-state index contributed by atoms with van der Waals surface area (Å²) in [5, 5.41) is 6.84. The number of methoxy groups -OCH3 is 1. The first-order valence-electron chi connectivity index (χ1n) is 8.26. The highest BCUT2D eigenvalue weighted by Gasteiger charge is 2.55. The summed E-state index contributed by atoms with van der Waals surface area (Å²) < 4.78 is 10.6. The molecule has 4 rings (SSSR count). The molecule has 0 amide bonds. The van der Waals surface area contributed by atoms with E-state index in [9.17, 15) is 9.59 Å². The SMILES string of the molecule is CCOC(=O)[C@]1(c2cccs2)Nc2c(ccc3ccc(OC)cc23)C1=O. The molecule has 2 heterocycles. The molecule has 2 aromatic carbocycles. The number of fused-ring (bicyclic) bond motifs is 3. The summed E-state index contributed by atoms with van der Waals surface area (Å²) in [4.78, 5) is 26.8. The van der Waals surface area contributed by atoms with Gasteiger partial charge in [0.15, 0.2) is 0 Å². The highest BCUT2D eigenvalue weighted by Crippen LogP contribution is 2.45. The number of ketones is 1. The normalized spacial score (nSPS) is 18.5. The van der Waals surface area contributed by atoms with Crippen molar-refractivity contribution in [2.24, 2.45) is 0 Å². The molecule has 3 aromatic rings. The second-order valence-electron chi connectivity index (χ2n) is 5.98. The van der Waals surface area contributed by atoms with Gasteiger partial charge in [0.25, 0.3) is 0 Å². The quantitative estimate of drug-likeness (QED) is 0.558. The Morgan fingerprint density at radius 2 is 2.04 bits per heavy atom. The highest BCUT2D eigenvalue weighted by molar-refractivity contribution is 7.10. The standard InChI is InChI=1S/C20H17NO4S/c1-3-25-19(23)20(16-5-4-10-26-16)18(22)14-9-7-12-6-8-13(24-2)11-15(12)17(14)21-20/h4-11,21H,3H2,1-2H3/t20-/m1/s1. The number of carbonyl (C=O) groups excluding carboxylic acids is 2. The lowest BCUT2D eigenvalue weighted by Gasteiger charge is -2.25. The van der Waals surface area contributed by atoms with Crippen LogP contribution in [0.5, 0.6) is 5.75 Å². The number of benzene rings is 2. The maximum atomic E-state index is 13.3. The van der Waals surface area contributed by atoms with Crippen LogP contribution in [0.15, 0.2) is 47.8 Å². The number of rotatable bonds is 4. The Morgan fingerprint density at radius 3 is 2.73 bits per heavy atom. The first kappa shape index (κ1) is 16.6. The van der Waals surface area contributed by atoms with Crippen LogP contribution in [-0.4, -0.2) is 25.5 Å². The van der Waals surface area contributed by atoms with Crippen LogP contribution in [0.2, 0.25) is 0 Å². The van der Waals surface area contributed by atoms with E-state index in [-0.39, 0.29) is 12.4 Å². The number of hydrogen-bond donors (Lipinski definition) is 1. The van der Waals surface area contributed by atoms with Crippen LogP contribution in [0.25, 0.3) is 10.8 Å². The number of hydrogen-bond acceptors (Lipinski definition) is 6. The summed E-state index contributed by atoms with van der Waals surface area (Å²) >= 11 is 1.35. The maximum Gasteiger partial charge on any atom is 0.345 e.